The Kier molecular flexibility index (Phi) is 4.46. The largest absolute Gasteiger partial charge is 0.393 e. The summed E-state index contributed by atoms with van der Waals surface area (Å²) in [6, 6.07) is 8.34. The predicted molar refractivity (Wildman–Crippen MR) is 58.8 cm³/mol. The van der Waals surface area contributed by atoms with Gasteiger partial charge in [0.15, 0.2) is 0 Å². The summed E-state index contributed by atoms with van der Waals surface area (Å²) in [6.07, 6.45) is 2.82. The first kappa shape index (κ1) is 10.7. The molecule has 0 heterocycles. The number of hydrogen-bond donors (Lipinski definition) is 1. The average molecular weight is 243 g/mol. The van der Waals surface area contributed by atoms with Gasteiger partial charge >= 0.3 is 0 Å². The number of halogens is 1. The molecule has 0 aliphatic carbocycles. The van der Waals surface area contributed by atoms with Crippen molar-refractivity contribution in [1.82, 2.24) is 0 Å². The molecule has 0 saturated heterocycles. The number of aliphatic hydroxyl groups is 1. The monoisotopic (exact) mass is 242 g/mol. The van der Waals surface area contributed by atoms with Gasteiger partial charge in [0.25, 0.3) is 0 Å². The first-order valence-electron chi connectivity index (χ1n) is 4.61. The summed E-state index contributed by atoms with van der Waals surface area (Å²) >= 11 is 3.40. The van der Waals surface area contributed by atoms with Crippen molar-refractivity contribution in [2.75, 3.05) is 0 Å². The lowest BCUT2D eigenvalue weighted by atomic mass is 10.1. The van der Waals surface area contributed by atoms with Crippen molar-refractivity contribution < 1.29 is 5.11 Å². The first-order valence-corrected chi connectivity index (χ1v) is 5.40. The van der Waals surface area contributed by atoms with Crippen LogP contribution in [0.3, 0.4) is 0 Å². The second kappa shape index (κ2) is 5.40. The Hall–Kier alpha value is -0.340. The van der Waals surface area contributed by atoms with Gasteiger partial charge in [-0.2, -0.15) is 0 Å². The summed E-state index contributed by atoms with van der Waals surface area (Å²) in [5.74, 6) is 0. The molecule has 0 saturated carbocycles. The Morgan fingerprint density at radius 2 is 1.92 bits per heavy atom. The molecule has 1 N–H and O–H groups in total. The van der Waals surface area contributed by atoms with Crippen molar-refractivity contribution in [3.8, 4) is 0 Å². The molecule has 13 heavy (non-hydrogen) atoms. The third-order valence-corrected chi connectivity index (χ3v) is 2.53. The molecule has 0 bridgehead atoms. The van der Waals surface area contributed by atoms with E-state index in [1.165, 1.54) is 5.56 Å². The van der Waals surface area contributed by atoms with Crippen molar-refractivity contribution in [2.45, 2.75) is 32.3 Å². The molecule has 0 radical (unpaired) electrons. The normalized spacial score (nSPS) is 12.8. The molecule has 1 nitrogen and oxygen atoms in total. The van der Waals surface area contributed by atoms with Crippen LogP contribution in [0, 0.1) is 0 Å². The van der Waals surface area contributed by atoms with Crippen molar-refractivity contribution in [1.29, 1.82) is 0 Å². The fourth-order valence-electron chi connectivity index (χ4n) is 1.25. The lowest BCUT2D eigenvalue weighted by Crippen LogP contribution is -1.99. The minimum absolute atomic E-state index is 0.171. The van der Waals surface area contributed by atoms with E-state index < -0.39 is 0 Å². The smallest absolute Gasteiger partial charge is 0.0512 e. The van der Waals surface area contributed by atoms with Gasteiger partial charge in [-0.15, -0.1) is 0 Å². The summed E-state index contributed by atoms with van der Waals surface area (Å²) in [6.45, 7) is 1.83. The number of rotatable bonds is 4. The van der Waals surface area contributed by atoms with Crippen LogP contribution in [-0.4, -0.2) is 11.2 Å². The van der Waals surface area contributed by atoms with Crippen molar-refractivity contribution in [3.05, 3.63) is 34.3 Å². The Morgan fingerprint density at radius 1 is 1.31 bits per heavy atom. The summed E-state index contributed by atoms with van der Waals surface area (Å²) in [5.41, 5.74) is 1.34. The fraction of sp³-hybridized carbons (Fsp3) is 0.455. The van der Waals surface area contributed by atoms with E-state index in [9.17, 15) is 0 Å². The van der Waals surface area contributed by atoms with Gasteiger partial charge in [-0.3, -0.25) is 0 Å². The third-order valence-electron chi connectivity index (χ3n) is 2.00. The predicted octanol–water partition coefficient (Wildman–Crippen LogP) is 3.15. The minimum Gasteiger partial charge on any atom is -0.393 e. The molecule has 1 atom stereocenters. The van der Waals surface area contributed by atoms with Crippen molar-refractivity contribution >= 4 is 15.9 Å². The SMILES string of the molecule is CC(O)CCCc1ccc(Br)cc1. The molecule has 0 spiro atoms. The number of hydrogen-bond acceptors (Lipinski definition) is 1. The van der Waals surface area contributed by atoms with Crippen LogP contribution >= 0.6 is 15.9 Å². The maximum absolute atomic E-state index is 9.07. The molecule has 1 aromatic rings. The molecule has 0 aromatic heterocycles. The van der Waals surface area contributed by atoms with Crippen molar-refractivity contribution in [3.63, 3.8) is 0 Å². The van der Waals surface area contributed by atoms with E-state index in [2.05, 4.69) is 40.2 Å². The Morgan fingerprint density at radius 3 is 2.46 bits per heavy atom. The standard InChI is InChI=1S/C11H15BrO/c1-9(13)3-2-4-10-5-7-11(12)8-6-10/h5-9,13H,2-4H2,1H3. The van der Waals surface area contributed by atoms with Gasteiger partial charge < -0.3 is 5.11 Å². The molecule has 1 unspecified atom stereocenters. The van der Waals surface area contributed by atoms with Gasteiger partial charge in [0.1, 0.15) is 0 Å². The highest BCUT2D eigenvalue weighted by atomic mass is 79.9. The maximum Gasteiger partial charge on any atom is 0.0512 e. The number of benzene rings is 1. The van der Waals surface area contributed by atoms with E-state index in [-0.39, 0.29) is 6.10 Å². The third kappa shape index (κ3) is 4.44. The van der Waals surface area contributed by atoms with Crippen LogP contribution in [0.15, 0.2) is 28.7 Å². The van der Waals surface area contributed by atoms with E-state index in [4.69, 9.17) is 5.11 Å². The summed E-state index contributed by atoms with van der Waals surface area (Å²) in [5, 5.41) is 9.07. The summed E-state index contributed by atoms with van der Waals surface area (Å²) in [4.78, 5) is 0. The topological polar surface area (TPSA) is 20.2 Å². The molecule has 0 aliphatic rings. The highest BCUT2D eigenvalue weighted by Gasteiger charge is 1.97. The Balaban J connectivity index is 2.33. The van der Waals surface area contributed by atoms with Gasteiger partial charge in [0.05, 0.1) is 6.10 Å². The zero-order valence-corrected chi connectivity index (χ0v) is 9.42. The molecule has 1 aromatic carbocycles. The highest BCUT2D eigenvalue weighted by molar-refractivity contribution is 9.10. The van der Waals surface area contributed by atoms with E-state index in [0.29, 0.717) is 0 Å². The second-order valence-corrected chi connectivity index (χ2v) is 4.28. The van der Waals surface area contributed by atoms with Gasteiger partial charge in [-0.1, -0.05) is 28.1 Å². The molecular formula is C11H15BrO. The molecule has 72 valence electrons. The van der Waals surface area contributed by atoms with Crippen LogP contribution in [0.25, 0.3) is 0 Å². The molecule has 2 heteroatoms. The van der Waals surface area contributed by atoms with Crippen LogP contribution < -0.4 is 0 Å². The molecular weight excluding hydrogens is 228 g/mol. The molecule has 0 aliphatic heterocycles. The van der Waals surface area contributed by atoms with E-state index in [1.807, 2.05) is 6.92 Å². The Bertz CT molecular complexity index is 241. The lowest BCUT2D eigenvalue weighted by Gasteiger charge is -2.03. The molecule has 1 rings (SSSR count). The van der Waals surface area contributed by atoms with Crippen LogP contribution in [0.5, 0.6) is 0 Å². The number of aryl methyl sites for hydroxylation is 1. The van der Waals surface area contributed by atoms with Crippen LogP contribution in [0.4, 0.5) is 0 Å². The summed E-state index contributed by atoms with van der Waals surface area (Å²) in [7, 11) is 0. The lowest BCUT2D eigenvalue weighted by molar-refractivity contribution is 0.182. The van der Waals surface area contributed by atoms with Gasteiger partial charge in [0, 0.05) is 4.47 Å². The zero-order chi connectivity index (χ0) is 9.68. The van der Waals surface area contributed by atoms with Gasteiger partial charge in [0.2, 0.25) is 0 Å². The summed E-state index contributed by atoms with van der Waals surface area (Å²) < 4.78 is 1.12. The van der Waals surface area contributed by atoms with Crippen LogP contribution in [0.1, 0.15) is 25.3 Å². The zero-order valence-electron chi connectivity index (χ0n) is 7.83. The Labute approximate surface area is 87.9 Å². The van der Waals surface area contributed by atoms with E-state index in [1.54, 1.807) is 0 Å². The first-order chi connectivity index (χ1) is 6.18. The molecule has 0 amide bonds. The molecule has 0 fully saturated rings. The minimum atomic E-state index is -0.171. The fourth-order valence-corrected chi connectivity index (χ4v) is 1.52. The maximum atomic E-state index is 9.07. The van der Waals surface area contributed by atoms with Crippen molar-refractivity contribution in [2.24, 2.45) is 0 Å². The average Bonchev–Trinajstić information content (AvgIpc) is 2.08. The number of aliphatic hydroxyl groups excluding tert-OH is 1. The second-order valence-electron chi connectivity index (χ2n) is 3.37. The highest BCUT2D eigenvalue weighted by Crippen LogP contribution is 2.12. The van der Waals surface area contributed by atoms with Crippen LogP contribution in [0.2, 0.25) is 0 Å². The van der Waals surface area contributed by atoms with E-state index >= 15 is 0 Å². The van der Waals surface area contributed by atoms with E-state index in [0.717, 1.165) is 23.7 Å². The van der Waals surface area contributed by atoms with Crippen LogP contribution in [-0.2, 0) is 6.42 Å². The quantitative estimate of drug-likeness (QED) is 0.861. The van der Waals surface area contributed by atoms with Gasteiger partial charge in [-0.05, 0) is 43.9 Å². The van der Waals surface area contributed by atoms with Gasteiger partial charge in [-0.25, -0.2) is 0 Å².